The summed E-state index contributed by atoms with van der Waals surface area (Å²) in [5.41, 5.74) is 5.58. The van der Waals surface area contributed by atoms with Crippen molar-refractivity contribution in [3.05, 3.63) is 130 Å². The van der Waals surface area contributed by atoms with Crippen LogP contribution in [-0.4, -0.2) is 53.6 Å². The van der Waals surface area contributed by atoms with Crippen LogP contribution in [0.15, 0.2) is 85.7 Å². The molecule has 0 spiro atoms. The van der Waals surface area contributed by atoms with E-state index < -0.39 is 23.6 Å². The summed E-state index contributed by atoms with van der Waals surface area (Å²) in [6.45, 7) is 5.62. The van der Waals surface area contributed by atoms with Gasteiger partial charge in [0, 0.05) is 70.8 Å². The summed E-state index contributed by atoms with van der Waals surface area (Å²) in [6, 6.07) is 11.7. The average molecular weight is 746 g/mol. The zero-order valence-electron chi connectivity index (χ0n) is 27.7. The maximum absolute atomic E-state index is 13.3. The molecule has 4 heterocycles. The second-order valence-corrected chi connectivity index (χ2v) is 11.7. The van der Waals surface area contributed by atoms with Crippen LogP contribution in [-0.2, 0) is 4.74 Å². The lowest BCUT2D eigenvalue weighted by molar-refractivity contribution is 0.0525. The first-order valence-corrected chi connectivity index (χ1v) is 16.1. The number of rotatable bonds is 9. The standard InChI is InChI=1S/C19H16ClFN4O2.C17H12ClFN4O2/c1-3-27-18(26)13-6-12(8-22-9-13)15-10-23-19(24-11(15)2)25-14-4-5-17(21)16(20)7-14;1-9-13(10-4-11(16(24)25)7-20-6-10)8-21-17(22-9)23-12-2-3-15(19)14(18)5-12/h4-10H,3H2,1-2H3,(H,23,24,25);2-8H,1H3,(H,24,25)(H,21,22,23). The average Bonchev–Trinajstić information content (AvgIpc) is 3.12. The van der Waals surface area contributed by atoms with Gasteiger partial charge in [-0.15, -0.1) is 0 Å². The highest BCUT2D eigenvalue weighted by Crippen LogP contribution is 2.27. The molecule has 0 saturated carbocycles. The first-order valence-electron chi connectivity index (χ1n) is 15.3. The molecule has 6 rings (SSSR count). The summed E-state index contributed by atoms with van der Waals surface area (Å²) in [7, 11) is 0. The van der Waals surface area contributed by atoms with E-state index in [1.165, 1.54) is 48.8 Å². The second kappa shape index (κ2) is 16.7. The molecule has 0 radical (unpaired) electrons. The van der Waals surface area contributed by atoms with Gasteiger partial charge in [0.1, 0.15) is 11.6 Å². The van der Waals surface area contributed by atoms with E-state index >= 15 is 0 Å². The van der Waals surface area contributed by atoms with Crippen LogP contribution < -0.4 is 10.6 Å². The van der Waals surface area contributed by atoms with Crippen LogP contribution in [0.5, 0.6) is 0 Å². The fourth-order valence-corrected chi connectivity index (χ4v) is 5.01. The van der Waals surface area contributed by atoms with Crippen molar-refractivity contribution in [1.29, 1.82) is 0 Å². The molecule has 0 unspecified atom stereocenters. The number of esters is 1. The van der Waals surface area contributed by atoms with Gasteiger partial charge in [0.15, 0.2) is 0 Å². The van der Waals surface area contributed by atoms with Crippen LogP contribution >= 0.6 is 23.2 Å². The third-order valence-electron chi connectivity index (χ3n) is 7.17. The van der Waals surface area contributed by atoms with E-state index in [0.717, 1.165) is 5.56 Å². The summed E-state index contributed by atoms with van der Waals surface area (Å²) in [4.78, 5) is 48.2. The number of anilines is 4. The molecular weight excluding hydrogens is 717 g/mol. The Kier molecular flexibility index (Phi) is 11.9. The Hall–Kier alpha value is -6.12. The Morgan fingerprint density at radius 1 is 0.712 bits per heavy atom. The van der Waals surface area contributed by atoms with Crippen molar-refractivity contribution in [2.24, 2.45) is 0 Å². The van der Waals surface area contributed by atoms with Gasteiger partial charge in [-0.05, 0) is 69.3 Å². The smallest absolute Gasteiger partial charge is 0.339 e. The number of carboxylic acid groups (broad SMARTS) is 1. The lowest BCUT2D eigenvalue weighted by Gasteiger charge is -2.10. The first-order chi connectivity index (χ1) is 24.9. The molecule has 0 amide bonds. The van der Waals surface area contributed by atoms with Gasteiger partial charge in [0.25, 0.3) is 0 Å². The number of carbonyl (C=O) groups is 2. The number of nitrogens with zero attached hydrogens (tertiary/aromatic N) is 6. The zero-order valence-corrected chi connectivity index (χ0v) is 29.2. The third-order valence-corrected chi connectivity index (χ3v) is 7.75. The largest absolute Gasteiger partial charge is 0.478 e. The van der Waals surface area contributed by atoms with E-state index in [0.29, 0.717) is 63.5 Å². The van der Waals surface area contributed by atoms with Gasteiger partial charge >= 0.3 is 11.9 Å². The number of aromatic nitrogens is 6. The number of nitrogens with one attached hydrogen (secondary N) is 2. The molecule has 3 N–H and O–H groups in total. The SMILES string of the molecule is CCOC(=O)c1cncc(-c2cnc(Nc3ccc(F)c(Cl)c3)nc2C)c1.Cc1nc(Nc2ccc(F)c(Cl)c2)ncc1-c1cncc(C(=O)O)c1. The second-order valence-electron chi connectivity index (χ2n) is 10.8. The first kappa shape index (κ1) is 37.1. The molecule has 0 aliphatic carbocycles. The van der Waals surface area contributed by atoms with Crippen molar-refractivity contribution in [3.8, 4) is 22.3 Å². The number of pyridine rings is 2. The van der Waals surface area contributed by atoms with Crippen LogP contribution in [0, 0.1) is 25.5 Å². The van der Waals surface area contributed by atoms with Crippen LogP contribution in [0.3, 0.4) is 0 Å². The minimum atomic E-state index is -1.06. The molecular formula is C36H28Cl2F2N8O4. The molecule has 52 heavy (non-hydrogen) atoms. The van der Waals surface area contributed by atoms with Crippen molar-refractivity contribution >= 4 is 58.4 Å². The van der Waals surface area contributed by atoms with Gasteiger partial charge in [-0.25, -0.2) is 38.3 Å². The molecule has 0 bridgehead atoms. The van der Waals surface area contributed by atoms with E-state index in [4.69, 9.17) is 33.0 Å². The summed E-state index contributed by atoms with van der Waals surface area (Å²) in [5, 5.41) is 15.0. The molecule has 264 valence electrons. The number of carbonyl (C=O) groups excluding carboxylic acids is 1. The zero-order chi connectivity index (χ0) is 37.4. The van der Waals surface area contributed by atoms with Crippen molar-refractivity contribution in [1.82, 2.24) is 29.9 Å². The Labute approximate surface area is 305 Å². The number of benzene rings is 2. The Balaban J connectivity index is 0.000000202. The third kappa shape index (κ3) is 9.35. The lowest BCUT2D eigenvalue weighted by Crippen LogP contribution is -2.05. The number of hydrogen-bond donors (Lipinski definition) is 3. The van der Waals surface area contributed by atoms with Gasteiger partial charge in [0.2, 0.25) is 11.9 Å². The Morgan fingerprint density at radius 3 is 1.60 bits per heavy atom. The highest BCUT2D eigenvalue weighted by molar-refractivity contribution is 6.31. The monoisotopic (exact) mass is 744 g/mol. The number of aryl methyl sites for hydroxylation is 2. The van der Waals surface area contributed by atoms with Crippen molar-refractivity contribution in [2.75, 3.05) is 17.2 Å². The molecule has 2 aromatic carbocycles. The highest BCUT2D eigenvalue weighted by Gasteiger charge is 2.13. The maximum Gasteiger partial charge on any atom is 0.339 e. The summed E-state index contributed by atoms with van der Waals surface area (Å²) in [6.07, 6.45) is 9.09. The van der Waals surface area contributed by atoms with Crippen LogP contribution in [0.25, 0.3) is 22.3 Å². The molecule has 0 fully saturated rings. The molecule has 16 heteroatoms. The molecule has 0 saturated heterocycles. The van der Waals surface area contributed by atoms with E-state index in [9.17, 15) is 18.4 Å². The quantitative estimate of drug-likeness (QED) is 0.121. The minimum absolute atomic E-state index is 0.00472. The minimum Gasteiger partial charge on any atom is -0.478 e. The molecule has 0 atom stereocenters. The predicted octanol–water partition coefficient (Wildman–Crippen LogP) is 8.64. The molecule has 0 aliphatic rings. The topological polar surface area (TPSA) is 165 Å². The number of carboxylic acids is 1. The summed E-state index contributed by atoms with van der Waals surface area (Å²) < 4.78 is 31.4. The van der Waals surface area contributed by atoms with Crippen LogP contribution in [0.1, 0.15) is 39.0 Å². The maximum atomic E-state index is 13.3. The number of halogens is 4. The van der Waals surface area contributed by atoms with E-state index in [1.807, 2.05) is 6.92 Å². The summed E-state index contributed by atoms with van der Waals surface area (Å²) >= 11 is 11.5. The van der Waals surface area contributed by atoms with E-state index in [1.54, 1.807) is 50.8 Å². The van der Waals surface area contributed by atoms with Crippen molar-refractivity contribution in [3.63, 3.8) is 0 Å². The van der Waals surface area contributed by atoms with E-state index in [2.05, 4.69) is 40.5 Å². The summed E-state index contributed by atoms with van der Waals surface area (Å²) in [5.74, 6) is -1.84. The molecule has 4 aromatic heterocycles. The van der Waals surface area contributed by atoms with Crippen LogP contribution in [0.2, 0.25) is 10.0 Å². The van der Waals surface area contributed by atoms with E-state index in [-0.39, 0.29) is 15.6 Å². The number of ether oxygens (including phenoxy) is 1. The lowest BCUT2D eigenvalue weighted by atomic mass is 10.1. The number of hydrogen-bond acceptors (Lipinski definition) is 11. The number of aromatic carboxylic acids is 1. The van der Waals surface area contributed by atoms with Gasteiger partial charge in [-0.3, -0.25) is 9.97 Å². The molecule has 6 aromatic rings. The fourth-order valence-electron chi connectivity index (χ4n) is 4.64. The Bertz CT molecular complexity index is 2280. The van der Waals surface area contributed by atoms with Crippen molar-refractivity contribution in [2.45, 2.75) is 20.8 Å². The predicted molar refractivity (Wildman–Crippen MR) is 192 cm³/mol. The van der Waals surface area contributed by atoms with Crippen molar-refractivity contribution < 1.29 is 28.2 Å². The van der Waals surface area contributed by atoms with Crippen LogP contribution in [0.4, 0.5) is 32.1 Å². The molecule has 12 nitrogen and oxygen atoms in total. The van der Waals surface area contributed by atoms with Gasteiger partial charge in [-0.1, -0.05) is 23.2 Å². The van der Waals surface area contributed by atoms with Gasteiger partial charge in [0.05, 0.1) is 39.2 Å². The van der Waals surface area contributed by atoms with Gasteiger partial charge < -0.3 is 20.5 Å². The van der Waals surface area contributed by atoms with Gasteiger partial charge in [-0.2, -0.15) is 0 Å². The fraction of sp³-hybridized carbons (Fsp3) is 0.111. The molecule has 0 aliphatic heterocycles. The Morgan fingerprint density at radius 2 is 1.17 bits per heavy atom. The normalized spacial score (nSPS) is 10.5. The highest BCUT2D eigenvalue weighted by atomic mass is 35.5.